The molecule has 108 valence electrons. The second-order valence-corrected chi connectivity index (χ2v) is 7.16. The highest BCUT2D eigenvalue weighted by Crippen LogP contribution is 2.34. The van der Waals surface area contributed by atoms with Gasteiger partial charge in [0.2, 0.25) is 9.84 Å². The van der Waals surface area contributed by atoms with E-state index in [1.807, 2.05) is 23.1 Å². The topological polar surface area (TPSA) is 40.6 Å². The summed E-state index contributed by atoms with van der Waals surface area (Å²) in [5.41, 5.74) is 0.819. The van der Waals surface area contributed by atoms with E-state index in [0.717, 1.165) is 44.7 Å². The van der Waals surface area contributed by atoms with Crippen LogP contribution in [0.2, 0.25) is 0 Å². The van der Waals surface area contributed by atoms with Crippen LogP contribution < -0.4 is 0 Å². The molecule has 1 saturated heterocycles. The van der Waals surface area contributed by atoms with Crippen LogP contribution in [0.25, 0.3) is 6.08 Å². The van der Waals surface area contributed by atoms with E-state index in [-0.39, 0.29) is 0 Å². The first-order valence-corrected chi connectivity index (χ1v) is 8.64. The maximum absolute atomic E-state index is 12.6. The average Bonchev–Trinajstić information content (AvgIpc) is 2.62. The van der Waals surface area contributed by atoms with Gasteiger partial charge in [0.05, 0.1) is 4.90 Å². The van der Waals surface area contributed by atoms with Crippen molar-refractivity contribution >= 4 is 15.9 Å². The smallest absolute Gasteiger partial charge is 0.222 e. The second-order valence-electron chi connectivity index (χ2n) is 5.30. The lowest BCUT2D eigenvalue weighted by Gasteiger charge is -2.23. The summed E-state index contributed by atoms with van der Waals surface area (Å²) in [4.78, 5) is 4.85. The highest BCUT2D eigenvalue weighted by Gasteiger charge is 2.33. The number of rotatable bonds is 2. The molecule has 0 aliphatic carbocycles. The van der Waals surface area contributed by atoms with Crippen LogP contribution in [0.5, 0.6) is 0 Å². The van der Waals surface area contributed by atoms with Gasteiger partial charge in [0.25, 0.3) is 0 Å². The quantitative estimate of drug-likeness (QED) is 0.833. The number of sulfone groups is 1. The molecule has 0 atom stereocenters. The van der Waals surface area contributed by atoms with E-state index >= 15 is 0 Å². The molecule has 0 saturated carbocycles. The van der Waals surface area contributed by atoms with Crippen molar-refractivity contribution in [1.82, 2.24) is 9.80 Å². The molecule has 2 aliphatic heterocycles. The Balaban J connectivity index is 1.89. The van der Waals surface area contributed by atoms with E-state index in [4.69, 9.17) is 0 Å². The molecule has 0 spiro atoms. The molecule has 1 fully saturated rings. The van der Waals surface area contributed by atoms with Crippen LogP contribution in [-0.2, 0) is 9.84 Å². The van der Waals surface area contributed by atoms with Gasteiger partial charge in [0.15, 0.2) is 0 Å². The number of likely N-dealkylation sites (N-methyl/N-ethyl adjacent to an activating group) is 1. The van der Waals surface area contributed by atoms with Crippen LogP contribution in [0.1, 0.15) is 18.9 Å². The molecule has 3 rings (SSSR count). The minimum absolute atomic E-state index is 0.451. The van der Waals surface area contributed by atoms with Crippen LogP contribution in [0.3, 0.4) is 0 Å². The van der Waals surface area contributed by atoms with Crippen LogP contribution in [0.4, 0.5) is 0 Å². The van der Waals surface area contributed by atoms with E-state index in [0.29, 0.717) is 9.92 Å². The second kappa shape index (κ2) is 5.22. The number of hydrogen-bond donors (Lipinski definition) is 0. The molecule has 20 heavy (non-hydrogen) atoms. The summed E-state index contributed by atoms with van der Waals surface area (Å²) in [5.74, 6) is 0. The monoisotopic (exact) mass is 292 g/mol. The van der Waals surface area contributed by atoms with Crippen molar-refractivity contribution in [3.8, 4) is 0 Å². The van der Waals surface area contributed by atoms with E-state index in [2.05, 4.69) is 11.8 Å². The molecule has 0 aromatic heterocycles. The predicted octanol–water partition coefficient (Wildman–Crippen LogP) is 1.80. The Bertz CT molecular complexity index is 637. The van der Waals surface area contributed by atoms with Gasteiger partial charge in [0.1, 0.15) is 5.03 Å². The summed E-state index contributed by atoms with van der Waals surface area (Å²) in [6.45, 7) is 6.76. The molecule has 0 radical (unpaired) electrons. The lowest BCUT2D eigenvalue weighted by Crippen LogP contribution is -2.31. The van der Waals surface area contributed by atoms with Gasteiger partial charge in [-0.1, -0.05) is 25.1 Å². The molecule has 1 aromatic rings. The van der Waals surface area contributed by atoms with Gasteiger partial charge in [-0.2, -0.15) is 0 Å². The maximum atomic E-state index is 12.6. The van der Waals surface area contributed by atoms with Crippen molar-refractivity contribution in [3.05, 3.63) is 34.9 Å². The lowest BCUT2D eigenvalue weighted by molar-refractivity contribution is 0.295. The van der Waals surface area contributed by atoms with Crippen LogP contribution in [-0.4, -0.2) is 50.9 Å². The van der Waals surface area contributed by atoms with Gasteiger partial charge in [-0.3, -0.25) is 0 Å². The standard InChI is InChI=1S/C15H20N2O2S/c1-2-16-8-5-9-17(11-10-16)15-12-13-6-3-4-7-14(13)20(15,18)19/h3-4,6-7,12H,2,5,8-11H2,1H3. The Morgan fingerprint density at radius 2 is 1.90 bits per heavy atom. The zero-order chi connectivity index (χ0) is 14.2. The fourth-order valence-electron chi connectivity index (χ4n) is 2.94. The number of benzene rings is 1. The van der Waals surface area contributed by atoms with E-state index in [1.165, 1.54) is 0 Å². The fraction of sp³-hybridized carbons (Fsp3) is 0.467. The number of nitrogens with zero attached hydrogens (tertiary/aromatic N) is 2. The van der Waals surface area contributed by atoms with Crippen molar-refractivity contribution in [2.45, 2.75) is 18.2 Å². The zero-order valence-electron chi connectivity index (χ0n) is 11.7. The molecule has 5 heteroatoms. The largest absolute Gasteiger partial charge is 0.361 e. The summed E-state index contributed by atoms with van der Waals surface area (Å²) in [6.07, 6.45) is 2.84. The third-order valence-electron chi connectivity index (χ3n) is 4.11. The first-order chi connectivity index (χ1) is 9.63. The third-order valence-corrected chi connectivity index (χ3v) is 5.99. The highest BCUT2D eigenvalue weighted by molar-refractivity contribution is 7.95. The Kier molecular flexibility index (Phi) is 3.56. The van der Waals surface area contributed by atoms with E-state index < -0.39 is 9.84 Å². The van der Waals surface area contributed by atoms with Crippen molar-refractivity contribution in [1.29, 1.82) is 0 Å². The van der Waals surface area contributed by atoms with Crippen molar-refractivity contribution < 1.29 is 8.42 Å². The Labute approximate surface area is 120 Å². The maximum Gasteiger partial charge on any atom is 0.222 e. The van der Waals surface area contributed by atoms with Gasteiger partial charge in [0, 0.05) is 19.6 Å². The van der Waals surface area contributed by atoms with Gasteiger partial charge in [-0.15, -0.1) is 0 Å². The summed E-state index contributed by atoms with van der Waals surface area (Å²) in [7, 11) is -3.32. The summed E-state index contributed by atoms with van der Waals surface area (Å²) in [6, 6.07) is 7.24. The van der Waals surface area contributed by atoms with Crippen LogP contribution in [0, 0.1) is 0 Å². The summed E-state index contributed by atoms with van der Waals surface area (Å²) in [5, 5.41) is 0.483. The van der Waals surface area contributed by atoms with Gasteiger partial charge in [-0.05, 0) is 37.2 Å². The van der Waals surface area contributed by atoms with Crippen molar-refractivity contribution in [2.24, 2.45) is 0 Å². The minimum atomic E-state index is -3.32. The lowest BCUT2D eigenvalue weighted by atomic mass is 10.2. The molecule has 0 unspecified atom stereocenters. The molecule has 4 nitrogen and oxygen atoms in total. The van der Waals surface area contributed by atoms with E-state index in [1.54, 1.807) is 12.1 Å². The minimum Gasteiger partial charge on any atom is -0.361 e. The zero-order valence-corrected chi connectivity index (χ0v) is 12.6. The normalized spacial score (nSPS) is 22.2. The number of fused-ring (bicyclic) bond motifs is 1. The predicted molar refractivity (Wildman–Crippen MR) is 79.9 cm³/mol. The first-order valence-electron chi connectivity index (χ1n) is 7.16. The summed E-state index contributed by atoms with van der Waals surface area (Å²) < 4.78 is 25.2. The molecule has 2 aliphatic rings. The van der Waals surface area contributed by atoms with Crippen LogP contribution >= 0.6 is 0 Å². The van der Waals surface area contributed by atoms with Gasteiger partial charge < -0.3 is 9.80 Å². The van der Waals surface area contributed by atoms with Crippen molar-refractivity contribution in [2.75, 3.05) is 32.7 Å². The van der Waals surface area contributed by atoms with E-state index in [9.17, 15) is 8.42 Å². The molecule has 0 amide bonds. The molecule has 1 aromatic carbocycles. The Hall–Kier alpha value is -1.33. The first kappa shape index (κ1) is 13.6. The third kappa shape index (κ3) is 2.25. The van der Waals surface area contributed by atoms with Gasteiger partial charge in [-0.25, -0.2) is 8.42 Å². The fourth-order valence-corrected chi connectivity index (χ4v) is 4.66. The number of hydrogen-bond acceptors (Lipinski definition) is 4. The van der Waals surface area contributed by atoms with Crippen LogP contribution in [0.15, 0.2) is 34.2 Å². The van der Waals surface area contributed by atoms with Crippen molar-refractivity contribution in [3.63, 3.8) is 0 Å². The highest BCUT2D eigenvalue weighted by atomic mass is 32.2. The molecule has 2 heterocycles. The molecule has 0 N–H and O–H groups in total. The average molecular weight is 292 g/mol. The Morgan fingerprint density at radius 3 is 2.65 bits per heavy atom. The van der Waals surface area contributed by atoms with Gasteiger partial charge >= 0.3 is 0 Å². The molecule has 0 bridgehead atoms. The SMILES string of the molecule is CCN1CCCN(C2=Cc3ccccc3S2(=O)=O)CC1. The molecular weight excluding hydrogens is 272 g/mol. The Morgan fingerprint density at radius 1 is 1.10 bits per heavy atom. The summed E-state index contributed by atoms with van der Waals surface area (Å²) >= 11 is 0. The molecular formula is C15H20N2O2S.